The van der Waals surface area contributed by atoms with Crippen LogP contribution in [0.3, 0.4) is 0 Å². The van der Waals surface area contributed by atoms with E-state index >= 15 is 0 Å². The van der Waals surface area contributed by atoms with Gasteiger partial charge >= 0.3 is 0 Å². The number of benzene rings is 2. The predicted octanol–water partition coefficient (Wildman–Crippen LogP) is 3.09. The lowest BCUT2D eigenvalue weighted by molar-refractivity contribution is -0.0337. The molecule has 0 aliphatic carbocycles. The molecule has 4 nitrogen and oxygen atoms in total. The fourth-order valence-corrected chi connectivity index (χ4v) is 3.74. The normalized spacial score (nSPS) is 22.8. The minimum atomic E-state index is -0.982. The second-order valence-electron chi connectivity index (χ2n) is 7.05. The summed E-state index contributed by atoms with van der Waals surface area (Å²) in [5, 5.41) is 11.9. The zero-order valence-corrected chi connectivity index (χ0v) is 15.2. The van der Waals surface area contributed by atoms with Crippen molar-refractivity contribution in [3.63, 3.8) is 0 Å². The molecule has 4 heteroatoms. The van der Waals surface area contributed by atoms with Gasteiger partial charge in [-0.3, -0.25) is 0 Å². The molecule has 1 heterocycles. The summed E-state index contributed by atoms with van der Waals surface area (Å²) in [4.78, 5) is 2.13. The van der Waals surface area contributed by atoms with E-state index < -0.39 is 5.60 Å². The largest absolute Gasteiger partial charge is 0.497 e. The van der Waals surface area contributed by atoms with Gasteiger partial charge in [-0.15, -0.1) is 0 Å². The molecule has 1 aliphatic rings. The fourth-order valence-electron chi connectivity index (χ4n) is 3.74. The van der Waals surface area contributed by atoms with E-state index in [1.54, 1.807) is 7.11 Å². The number of hydrogen-bond acceptors (Lipinski definition) is 4. The maximum Gasteiger partial charge on any atom is 0.125 e. The Morgan fingerprint density at radius 2 is 2.00 bits per heavy atom. The number of rotatable bonds is 5. The molecule has 3 rings (SSSR count). The summed E-state index contributed by atoms with van der Waals surface area (Å²) in [6, 6.07) is 15.8. The van der Waals surface area contributed by atoms with Crippen LogP contribution in [0.4, 0.5) is 0 Å². The van der Waals surface area contributed by atoms with Gasteiger partial charge in [0.05, 0.1) is 13.7 Å². The third kappa shape index (κ3) is 3.80. The number of nitrogens with zero attached hydrogens (tertiary/aromatic N) is 1. The van der Waals surface area contributed by atoms with Crippen LogP contribution < -0.4 is 9.47 Å². The molecule has 1 N–H and O–H groups in total. The summed E-state index contributed by atoms with van der Waals surface area (Å²) < 4.78 is 11.3. The van der Waals surface area contributed by atoms with E-state index in [0.29, 0.717) is 13.0 Å². The number of aliphatic hydroxyl groups is 1. The predicted molar refractivity (Wildman–Crippen MR) is 99.2 cm³/mol. The average molecular weight is 341 g/mol. The molecule has 0 spiro atoms. The van der Waals surface area contributed by atoms with Gasteiger partial charge in [0.15, 0.2) is 0 Å². The van der Waals surface area contributed by atoms with Gasteiger partial charge in [0.2, 0.25) is 0 Å². The van der Waals surface area contributed by atoms with E-state index in [-0.39, 0.29) is 5.92 Å². The first-order valence-corrected chi connectivity index (χ1v) is 8.75. The molecule has 134 valence electrons. The van der Waals surface area contributed by atoms with Crippen LogP contribution in [0.2, 0.25) is 0 Å². The Labute approximate surface area is 150 Å². The lowest BCUT2D eigenvalue weighted by Crippen LogP contribution is -2.42. The topological polar surface area (TPSA) is 41.9 Å². The first-order valence-electron chi connectivity index (χ1n) is 8.75. The molecule has 2 aromatic carbocycles. The molecule has 0 fully saturated rings. The van der Waals surface area contributed by atoms with Crippen LogP contribution in [0.25, 0.3) is 0 Å². The molecule has 0 saturated carbocycles. The van der Waals surface area contributed by atoms with Gasteiger partial charge in [-0.25, -0.2) is 0 Å². The van der Waals surface area contributed by atoms with Crippen molar-refractivity contribution in [2.75, 3.05) is 34.4 Å². The Balaban J connectivity index is 2.03. The number of hydrogen-bond donors (Lipinski definition) is 1. The van der Waals surface area contributed by atoms with E-state index in [4.69, 9.17) is 9.47 Å². The molecule has 0 amide bonds. The third-order valence-corrected chi connectivity index (χ3v) is 4.95. The van der Waals surface area contributed by atoms with Gasteiger partial charge in [0, 0.05) is 24.4 Å². The molecular weight excluding hydrogens is 314 g/mol. The molecule has 0 bridgehead atoms. The number of para-hydroxylation sites is 1. The van der Waals surface area contributed by atoms with Crippen LogP contribution in [0.5, 0.6) is 11.5 Å². The monoisotopic (exact) mass is 341 g/mol. The molecule has 0 aromatic heterocycles. The number of fused-ring (bicyclic) bond motifs is 1. The first kappa shape index (κ1) is 17.8. The highest BCUT2D eigenvalue weighted by Crippen LogP contribution is 2.42. The van der Waals surface area contributed by atoms with Gasteiger partial charge in [0.1, 0.15) is 17.1 Å². The van der Waals surface area contributed by atoms with E-state index in [9.17, 15) is 5.11 Å². The Bertz CT molecular complexity index is 716. The molecule has 0 saturated heterocycles. The second-order valence-corrected chi connectivity index (χ2v) is 7.05. The Kier molecular flexibility index (Phi) is 5.30. The van der Waals surface area contributed by atoms with Crippen LogP contribution in [0.1, 0.15) is 17.5 Å². The van der Waals surface area contributed by atoms with E-state index in [1.807, 2.05) is 62.6 Å². The molecule has 2 atom stereocenters. The molecule has 1 aliphatic heterocycles. The second kappa shape index (κ2) is 7.46. The highest BCUT2D eigenvalue weighted by molar-refractivity contribution is 5.41. The zero-order chi connectivity index (χ0) is 17.9. The molecular formula is C21H27NO3. The average Bonchev–Trinajstić information content (AvgIpc) is 2.73. The van der Waals surface area contributed by atoms with Crippen molar-refractivity contribution in [3.05, 3.63) is 59.7 Å². The Hall–Kier alpha value is -2.04. The summed E-state index contributed by atoms with van der Waals surface area (Å²) in [6.45, 7) is 1.42. The first-order chi connectivity index (χ1) is 12.0. The fraction of sp³-hybridized carbons (Fsp3) is 0.429. The highest BCUT2D eigenvalue weighted by atomic mass is 16.5. The SMILES string of the molecule is COc1cccc(CC2(O)c3ccccc3OCCC2CN(C)C)c1. The van der Waals surface area contributed by atoms with Crippen LogP contribution in [-0.2, 0) is 12.0 Å². The Morgan fingerprint density at radius 1 is 1.20 bits per heavy atom. The molecule has 2 aromatic rings. The van der Waals surface area contributed by atoms with Crippen molar-refractivity contribution >= 4 is 0 Å². The van der Waals surface area contributed by atoms with Crippen molar-refractivity contribution in [2.45, 2.75) is 18.4 Å². The van der Waals surface area contributed by atoms with Crippen molar-refractivity contribution in [2.24, 2.45) is 5.92 Å². The number of ether oxygens (including phenoxy) is 2. The highest BCUT2D eigenvalue weighted by Gasteiger charge is 2.42. The van der Waals surface area contributed by atoms with Crippen LogP contribution >= 0.6 is 0 Å². The van der Waals surface area contributed by atoms with Crippen molar-refractivity contribution < 1.29 is 14.6 Å². The summed E-state index contributed by atoms with van der Waals surface area (Å²) >= 11 is 0. The van der Waals surface area contributed by atoms with E-state index in [0.717, 1.165) is 35.6 Å². The van der Waals surface area contributed by atoms with Crippen molar-refractivity contribution in [1.29, 1.82) is 0 Å². The Morgan fingerprint density at radius 3 is 2.76 bits per heavy atom. The van der Waals surface area contributed by atoms with Gasteiger partial charge in [0.25, 0.3) is 0 Å². The van der Waals surface area contributed by atoms with Crippen LogP contribution in [0, 0.1) is 5.92 Å². The quantitative estimate of drug-likeness (QED) is 0.907. The third-order valence-electron chi connectivity index (χ3n) is 4.95. The minimum Gasteiger partial charge on any atom is -0.497 e. The molecule has 25 heavy (non-hydrogen) atoms. The van der Waals surface area contributed by atoms with Gasteiger partial charge < -0.3 is 19.5 Å². The van der Waals surface area contributed by atoms with Crippen molar-refractivity contribution in [1.82, 2.24) is 4.90 Å². The lowest BCUT2D eigenvalue weighted by atomic mass is 9.75. The van der Waals surface area contributed by atoms with E-state index in [2.05, 4.69) is 4.90 Å². The van der Waals surface area contributed by atoms with Gasteiger partial charge in [-0.2, -0.15) is 0 Å². The maximum absolute atomic E-state index is 11.9. The number of methoxy groups -OCH3 is 1. The smallest absolute Gasteiger partial charge is 0.125 e. The minimum absolute atomic E-state index is 0.0809. The van der Waals surface area contributed by atoms with Crippen LogP contribution in [-0.4, -0.2) is 44.4 Å². The van der Waals surface area contributed by atoms with Gasteiger partial charge in [-0.05, 0) is 44.3 Å². The maximum atomic E-state index is 11.9. The molecule has 2 unspecified atom stereocenters. The van der Waals surface area contributed by atoms with Crippen molar-refractivity contribution in [3.8, 4) is 11.5 Å². The standard InChI is InChI=1S/C21H27NO3/c1-22(2)15-17-11-12-25-20-10-5-4-9-19(20)21(17,23)14-16-7-6-8-18(13-16)24-3/h4-10,13,17,23H,11-12,14-15H2,1-3H3. The molecule has 0 radical (unpaired) electrons. The zero-order valence-electron chi connectivity index (χ0n) is 15.2. The van der Waals surface area contributed by atoms with Crippen LogP contribution in [0.15, 0.2) is 48.5 Å². The summed E-state index contributed by atoms with van der Waals surface area (Å²) in [7, 11) is 5.75. The lowest BCUT2D eigenvalue weighted by Gasteiger charge is -2.37. The summed E-state index contributed by atoms with van der Waals surface area (Å²) in [5.41, 5.74) is 0.952. The van der Waals surface area contributed by atoms with E-state index in [1.165, 1.54) is 0 Å². The summed E-state index contributed by atoms with van der Waals surface area (Å²) in [6.07, 6.45) is 1.34. The van der Waals surface area contributed by atoms with Gasteiger partial charge in [-0.1, -0.05) is 30.3 Å². The summed E-state index contributed by atoms with van der Waals surface area (Å²) in [5.74, 6) is 1.68.